The quantitative estimate of drug-likeness (QED) is 0.564. The van der Waals surface area contributed by atoms with Crippen LogP contribution >= 0.6 is 23.5 Å². The highest BCUT2D eigenvalue weighted by Gasteiger charge is 2.34. The molecule has 140 valence electrons. The summed E-state index contributed by atoms with van der Waals surface area (Å²) < 4.78 is 45.0. The molecule has 2 aromatic rings. The Morgan fingerprint density at radius 2 is 1.77 bits per heavy atom. The molecule has 0 aliphatic heterocycles. The number of alkyl halides is 2. The number of nitrogens with one attached hydrogen (secondary N) is 1. The number of carbonyl (C=O) groups excluding carboxylic acids is 1. The third-order valence-electron chi connectivity index (χ3n) is 3.31. The SMILES string of the molecule is O=C(COc1ccccc1P(=O)(O)O)NCC(F)(F)c1ccccc1Br. The zero-order valence-corrected chi connectivity index (χ0v) is 15.7. The Balaban J connectivity index is 1.96. The van der Waals surface area contributed by atoms with Crippen molar-refractivity contribution in [2.24, 2.45) is 0 Å². The second kappa shape index (κ2) is 8.26. The molecule has 0 saturated carbocycles. The van der Waals surface area contributed by atoms with Crippen LogP contribution in [0.4, 0.5) is 8.78 Å². The minimum absolute atomic E-state index is 0.187. The molecule has 0 bridgehead atoms. The number of para-hydroxylation sites is 1. The summed E-state index contributed by atoms with van der Waals surface area (Å²) in [6, 6.07) is 11.1. The highest BCUT2D eigenvalue weighted by molar-refractivity contribution is 9.10. The molecule has 0 aromatic heterocycles. The number of halogens is 3. The van der Waals surface area contributed by atoms with Crippen LogP contribution < -0.4 is 15.4 Å². The molecule has 6 nitrogen and oxygen atoms in total. The van der Waals surface area contributed by atoms with E-state index >= 15 is 0 Å². The Morgan fingerprint density at radius 1 is 1.15 bits per heavy atom. The van der Waals surface area contributed by atoms with Gasteiger partial charge in [-0.3, -0.25) is 9.36 Å². The summed E-state index contributed by atoms with van der Waals surface area (Å²) in [5.74, 6) is -4.34. The maximum Gasteiger partial charge on any atom is 0.359 e. The lowest BCUT2D eigenvalue weighted by Crippen LogP contribution is -2.38. The Morgan fingerprint density at radius 3 is 2.42 bits per heavy atom. The van der Waals surface area contributed by atoms with E-state index in [4.69, 9.17) is 4.74 Å². The Bertz CT molecular complexity index is 843. The van der Waals surface area contributed by atoms with Gasteiger partial charge in [0.05, 0.1) is 6.54 Å². The summed E-state index contributed by atoms with van der Waals surface area (Å²) in [6.07, 6.45) is 0. The van der Waals surface area contributed by atoms with Gasteiger partial charge in [-0.15, -0.1) is 0 Å². The molecular weight excluding hydrogens is 435 g/mol. The molecule has 0 fully saturated rings. The maximum absolute atomic E-state index is 14.2. The predicted octanol–water partition coefficient (Wildman–Crippen LogP) is 2.54. The van der Waals surface area contributed by atoms with E-state index in [9.17, 15) is 27.9 Å². The lowest BCUT2D eigenvalue weighted by atomic mass is 10.1. The number of hydrogen-bond donors (Lipinski definition) is 3. The minimum Gasteiger partial charge on any atom is -0.483 e. The lowest BCUT2D eigenvalue weighted by Gasteiger charge is -2.19. The average Bonchev–Trinajstić information content (AvgIpc) is 2.58. The van der Waals surface area contributed by atoms with Crippen molar-refractivity contribution in [2.45, 2.75) is 5.92 Å². The van der Waals surface area contributed by atoms with Crippen LogP contribution in [-0.4, -0.2) is 28.8 Å². The smallest absolute Gasteiger partial charge is 0.359 e. The van der Waals surface area contributed by atoms with Gasteiger partial charge in [0.15, 0.2) is 6.61 Å². The highest BCUT2D eigenvalue weighted by Crippen LogP contribution is 2.37. The van der Waals surface area contributed by atoms with Gasteiger partial charge in [0.2, 0.25) is 0 Å². The molecule has 0 aliphatic carbocycles. The fraction of sp³-hybridized carbons (Fsp3) is 0.188. The van der Waals surface area contributed by atoms with Gasteiger partial charge in [0.25, 0.3) is 11.8 Å². The monoisotopic (exact) mass is 449 g/mol. The van der Waals surface area contributed by atoms with Gasteiger partial charge in [-0.25, -0.2) is 0 Å². The molecule has 0 heterocycles. The third kappa shape index (κ3) is 5.35. The third-order valence-corrected chi connectivity index (χ3v) is 5.00. The molecule has 26 heavy (non-hydrogen) atoms. The van der Waals surface area contributed by atoms with Crippen molar-refractivity contribution >= 4 is 34.7 Å². The van der Waals surface area contributed by atoms with E-state index in [0.717, 1.165) is 6.07 Å². The predicted molar refractivity (Wildman–Crippen MR) is 94.7 cm³/mol. The van der Waals surface area contributed by atoms with Crippen molar-refractivity contribution in [2.75, 3.05) is 13.2 Å². The Labute approximate surface area is 156 Å². The van der Waals surface area contributed by atoms with Crippen LogP contribution in [0, 0.1) is 0 Å². The number of amides is 1. The van der Waals surface area contributed by atoms with Crippen molar-refractivity contribution in [1.82, 2.24) is 5.32 Å². The molecule has 0 radical (unpaired) electrons. The van der Waals surface area contributed by atoms with Crippen LogP contribution in [0.15, 0.2) is 53.0 Å². The molecule has 0 spiro atoms. The molecule has 0 aliphatic rings. The standard InChI is InChI=1S/C16H15BrF2NO5P/c17-12-6-2-1-5-11(12)16(18,19)10-20-15(21)9-25-13-7-3-4-8-14(13)26(22,23)24/h1-8H,9-10H2,(H,20,21)(H2,22,23,24). The van der Waals surface area contributed by atoms with Crippen LogP contribution in [0.5, 0.6) is 5.75 Å². The van der Waals surface area contributed by atoms with Crippen LogP contribution in [0.25, 0.3) is 0 Å². The van der Waals surface area contributed by atoms with E-state index in [-0.39, 0.29) is 21.1 Å². The van der Waals surface area contributed by atoms with E-state index in [1.165, 1.54) is 36.4 Å². The zero-order chi connectivity index (χ0) is 19.4. The number of hydrogen-bond acceptors (Lipinski definition) is 3. The average molecular weight is 450 g/mol. The molecule has 0 unspecified atom stereocenters. The van der Waals surface area contributed by atoms with E-state index in [2.05, 4.69) is 15.9 Å². The van der Waals surface area contributed by atoms with Crippen molar-refractivity contribution in [3.63, 3.8) is 0 Å². The summed E-state index contributed by atoms with van der Waals surface area (Å²) in [6.45, 7) is -1.61. The first-order chi connectivity index (χ1) is 12.1. The van der Waals surface area contributed by atoms with Crippen molar-refractivity contribution < 1.29 is 32.7 Å². The minimum atomic E-state index is -4.59. The number of rotatable bonds is 7. The topological polar surface area (TPSA) is 95.9 Å². The molecular formula is C16H15BrF2NO5P. The molecule has 0 saturated heterocycles. The first-order valence-electron chi connectivity index (χ1n) is 7.29. The van der Waals surface area contributed by atoms with Gasteiger partial charge in [-0.2, -0.15) is 8.78 Å². The molecule has 1 amide bonds. The summed E-state index contributed by atoms with van der Waals surface area (Å²) in [5.41, 5.74) is -0.270. The highest BCUT2D eigenvalue weighted by atomic mass is 79.9. The largest absolute Gasteiger partial charge is 0.483 e. The van der Waals surface area contributed by atoms with Crippen LogP contribution in [-0.2, 0) is 15.3 Å². The van der Waals surface area contributed by atoms with Gasteiger partial charge in [-0.1, -0.05) is 46.3 Å². The van der Waals surface area contributed by atoms with Gasteiger partial charge in [-0.05, 0) is 18.2 Å². The fourth-order valence-corrected chi connectivity index (χ4v) is 3.36. The first-order valence-corrected chi connectivity index (χ1v) is 9.69. The van der Waals surface area contributed by atoms with Crippen molar-refractivity contribution in [1.29, 1.82) is 0 Å². The molecule has 2 rings (SSSR count). The summed E-state index contributed by atoms with van der Waals surface area (Å²) >= 11 is 3.04. The maximum atomic E-state index is 14.2. The van der Waals surface area contributed by atoms with E-state index in [0.29, 0.717) is 0 Å². The lowest BCUT2D eigenvalue weighted by molar-refractivity contribution is -0.125. The molecule has 2 aromatic carbocycles. The van der Waals surface area contributed by atoms with E-state index in [1.807, 2.05) is 5.32 Å². The summed E-state index contributed by atoms with van der Waals surface area (Å²) in [5, 5.41) is 1.67. The second-order valence-electron chi connectivity index (χ2n) is 5.26. The fourth-order valence-electron chi connectivity index (χ4n) is 2.08. The normalized spacial score (nSPS) is 11.9. The zero-order valence-electron chi connectivity index (χ0n) is 13.2. The van der Waals surface area contributed by atoms with Crippen LogP contribution in [0.2, 0.25) is 0 Å². The van der Waals surface area contributed by atoms with Gasteiger partial charge in [0.1, 0.15) is 11.1 Å². The second-order valence-corrected chi connectivity index (χ2v) is 7.69. The number of benzene rings is 2. The Hall–Kier alpha value is -1.80. The van der Waals surface area contributed by atoms with Crippen molar-refractivity contribution in [3.05, 3.63) is 58.6 Å². The first kappa shape index (κ1) is 20.5. The summed E-state index contributed by atoms with van der Waals surface area (Å²) in [4.78, 5) is 30.2. The molecule has 0 atom stereocenters. The molecule has 10 heteroatoms. The molecule has 3 N–H and O–H groups in total. The number of carbonyl (C=O) groups is 1. The van der Waals surface area contributed by atoms with Gasteiger partial charge >= 0.3 is 7.60 Å². The summed E-state index contributed by atoms with van der Waals surface area (Å²) in [7, 11) is -4.59. The van der Waals surface area contributed by atoms with Gasteiger partial charge in [0, 0.05) is 10.0 Å². The van der Waals surface area contributed by atoms with Crippen LogP contribution in [0.3, 0.4) is 0 Å². The Kier molecular flexibility index (Phi) is 6.52. The van der Waals surface area contributed by atoms with Crippen molar-refractivity contribution in [3.8, 4) is 5.75 Å². The van der Waals surface area contributed by atoms with E-state index < -0.39 is 32.6 Å². The van der Waals surface area contributed by atoms with Gasteiger partial charge < -0.3 is 19.8 Å². The van der Waals surface area contributed by atoms with E-state index in [1.54, 1.807) is 6.07 Å². The van der Waals surface area contributed by atoms with Crippen LogP contribution in [0.1, 0.15) is 5.56 Å². The number of ether oxygens (including phenoxy) is 1.